The minimum Gasteiger partial charge on any atom is -0.384 e. The third kappa shape index (κ3) is 4.66. The highest BCUT2D eigenvalue weighted by Crippen LogP contribution is 2.31. The van der Waals surface area contributed by atoms with Crippen LogP contribution >= 0.6 is 0 Å². The van der Waals surface area contributed by atoms with Gasteiger partial charge in [-0.15, -0.1) is 0 Å². The summed E-state index contributed by atoms with van der Waals surface area (Å²) in [7, 11) is 1.74. The molecule has 1 fully saturated rings. The number of nitrogens with zero attached hydrogens (tertiary/aromatic N) is 1. The molecule has 17 heavy (non-hydrogen) atoms. The van der Waals surface area contributed by atoms with Gasteiger partial charge in [-0.2, -0.15) is 0 Å². The molecule has 0 aromatic carbocycles. The molecule has 0 saturated carbocycles. The number of carbonyl (C=O) groups is 1. The van der Waals surface area contributed by atoms with Crippen LogP contribution in [0.5, 0.6) is 0 Å². The van der Waals surface area contributed by atoms with Gasteiger partial charge >= 0.3 is 0 Å². The Morgan fingerprint density at radius 2 is 2.06 bits per heavy atom. The van der Waals surface area contributed by atoms with Crippen LogP contribution in [0.3, 0.4) is 0 Å². The third-order valence-corrected chi connectivity index (χ3v) is 3.31. The molecular formula is C14H27NO2. The molecule has 0 radical (unpaired) electrons. The van der Waals surface area contributed by atoms with Crippen LogP contribution in [0.4, 0.5) is 0 Å². The molecule has 1 aliphatic heterocycles. The predicted molar refractivity (Wildman–Crippen MR) is 69.9 cm³/mol. The summed E-state index contributed by atoms with van der Waals surface area (Å²) in [4.78, 5) is 14.2. The van der Waals surface area contributed by atoms with Crippen molar-refractivity contribution < 1.29 is 9.53 Å². The zero-order valence-electron chi connectivity index (χ0n) is 12.0. The first-order valence-corrected chi connectivity index (χ1v) is 6.52. The molecule has 3 heteroatoms. The number of rotatable bonds is 3. The first-order valence-electron chi connectivity index (χ1n) is 6.52. The summed E-state index contributed by atoms with van der Waals surface area (Å²) in [5.74, 6) is 0.291. The summed E-state index contributed by atoms with van der Waals surface area (Å²) in [5, 5.41) is 0. The Balaban J connectivity index is 2.57. The highest BCUT2D eigenvalue weighted by molar-refractivity contribution is 5.77. The predicted octanol–water partition coefficient (Wildman–Crippen LogP) is 2.70. The first kappa shape index (κ1) is 14.5. The fourth-order valence-corrected chi connectivity index (χ4v) is 2.56. The van der Waals surface area contributed by atoms with Crippen LogP contribution in [-0.4, -0.2) is 37.6 Å². The molecule has 0 spiro atoms. The first-order chi connectivity index (χ1) is 7.76. The summed E-state index contributed by atoms with van der Waals surface area (Å²) in [5.41, 5.74) is 0.215. The fourth-order valence-electron chi connectivity index (χ4n) is 2.56. The summed E-state index contributed by atoms with van der Waals surface area (Å²) >= 11 is 0. The Morgan fingerprint density at radius 3 is 2.59 bits per heavy atom. The van der Waals surface area contributed by atoms with E-state index in [9.17, 15) is 4.79 Å². The molecular weight excluding hydrogens is 214 g/mol. The maximum atomic E-state index is 12.2. The molecule has 100 valence electrons. The lowest BCUT2D eigenvalue weighted by Crippen LogP contribution is -2.47. The number of hydrogen-bond donors (Lipinski definition) is 0. The van der Waals surface area contributed by atoms with E-state index in [0.29, 0.717) is 12.3 Å². The number of amides is 1. The second-order valence-electron chi connectivity index (χ2n) is 6.90. The van der Waals surface area contributed by atoms with Crippen molar-refractivity contribution in [2.75, 3.05) is 26.8 Å². The molecule has 0 aromatic heterocycles. The van der Waals surface area contributed by atoms with Gasteiger partial charge in [-0.05, 0) is 18.3 Å². The molecule has 1 rings (SSSR count). The monoisotopic (exact) mass is 241 g/mol. The van der Waals surface area contributed by atoms with Crippen molar-refractivity contribution in [1.82, 2.24) is 4.90 Å². The number of carbonyl (C=O) groups excluding carboxylic acids is 1. The molecule has 0 bridgehead atoms. The van der Waals surface area contributed by atoms with Gasteiger partial charge in [0.25, 0.3) is 0 Å². The van der Waals surface area contributed by atoms with E-state index < -0.39 is 0 Å². The van der Waals surface area contributed by atoms with Gasteiger partial charge in [0.1, 0.15) is 0 Å². The van der Waals surface area contributed by atoms with E-state index in [-0.39, 0.29) is 10.8 Å². The Hall–Kier alpha value is -0.570. The summed E-state index contributed by atoms with van der Waals surface area (Å²) in [6.07, 6.45) is 2.88. The normalized spacial score (nSPS) is 26.1. The zero-order valence-corrected chi connectivity index (χ0v) is 12.0. The van der Waals surface area contributed by atoms with Gasteiger partial charge in [-0.1, -0.05) is 27.7 Å². The summed E-state index contributed by atoms with van der Waals surface area (Å²) < 4.78 is 5.28. The minimum absolute atomic E-state index is 0.0756. The lowest BCUT2D eigenvalue weighted by molar-refractivity contribution is -0.137. The van der Waals surface area contributed by atoms with Crippen LogP contribution in [-0.2, 0) is 9.53 Å². The number of ether oxygens (including phenoxy) is 1. The highest BCUT2D eigenvalue weighted by Gasteiger charge is 2.33. The molecule has 0 aromatic rings. The highest BCUT2D eigenvalue weighted by atomic mass is 16.5. The lowest BCUT2D eigenvalue weighted by Gasteiger charge is -2.40. The average Bonchev–Trinajstić information content (AvgIpc) is 2.14. The van der Waals surface area contributed by atoms with Crippen molar-refractivity contribution >= 4 is 5.91 Å². The molecule has 0 aliphatic carbocycles. The molecule has 1 saturated heterocycles. The number of hydrogen-bond acceptors (Lipinski definition) is 2. The Kier molecular flexibility index (Phi) is 4.59. The van der Waals surface area contributed by atoms with Gasteiger partial charge in [0.2, 0.25) is 5.91 Å². The Bertz CT molecular complexity index is 266. The SMILES string of the molecule is COCC1(C)CCCN(C(=O)CC(C)(C)C)C1. The fraction of sp³-hybridized carbons (Fsp3) is 0.929. The minimum atomic E-state index is 0.0756. The molecule has 1 atom stereocenters. The van der Waals surface area contributed by atoms with Gasteiger partial charge in [-0.25, -0.2) is 0 Å². The molecule has 1 aliphatic rings. The molecule has 1 amide bonds. The van der Waals surface area contributed by atoms with Crippen molar-refractivity contribution in [2.45, 2.75) is 47.0 Å². The van der Waals surface area contributed by atoms with Crippen LogP contribution in [0.2, 0.25) is 0 Å². The van der Waals surface area contributed by atoms with Crippen LogP contribution in [0.15, 0.2) is 0 Å². The van der Waals surface area contributed by atoms with Crippen LogP contribution in [0, 0.1) is 10.8 Å². The van der Waals surface area contributed by atoms with Crippen LogP contribution in [0.1, 0.15) is 47.0 Å². The van der Waals surface area contributed by atoms with E-state index in [0.717, 1.165) is 32.5 Å². The maximum absolute atomic E-state index is 12.2. The van der Waals surface area contributed by atoms with Crippen molar-refractivity contribution in [3.8, 4) is 0 Å². The van der Waals surface area contributed by atoms with Crippen LogP contribution < -0.4 is 0 Å². The van der Waals surface area contributed by atoms with Crippen LogP contribution in [0.25, 0.3) is 0 Å². The number of piperidine rings is 1. The van der Waals surface area contributed by atoms with Gasteiger partial charge in [0, 0.05) is 32.0 Å². The average molecular weight is 241 g/mol. The van der Waals surface area contributed by atoms with E-state index in [1.807, 2.05) is 4.90 Å². The third-order valence-electron chi connectivity index (χ3n) is 3.31. The van der Waals surface area contributed by atoms with Crippen molar-refractivity contribution in [1.29, 1.82) is 0 Å². The zero-order chi connectivity index (χ0) is 13.1. The number of methoxy groups -OCH3 is 1. The van der Waals surface area contributed by atoms with E-state index in [2.05, 4.69) is 27.7 Å². The second kappa shape index (κ2) is 5.38. The van der Waals surface area contributed by atoms with Gasteiger partial charge in [0.05, 0.1) is 6.61 Å². The second-order valence-corrected chi connectivity index (χ2v) is 6.90. The van der Waals surface area contributed by atoms with E-state index in [1.165, 1.54) is 0 Å². The largest absolute Gasteiger partial charge is 0.384 e. The lowest BCUT2D eigenvalue weighted by atomic mass is 9.82. The van der Waals surface area contributed by atoms with Crippen molar-refractivity contribution in [3.63, 3.8) is 0 Å². The van der Waals surface area contributed by atoms with Gasteiger partial charge in [0.15, 0.2) is 0 Å². The summed E-state index contributed by atoms with van der Waals surface area (Å²) in [6.45, 7) is 11.1. The van der Waals surface area contributed by atoms with Gasteiger partial charge in [-0.3, -0.25) is 4.79 Å². The number of likely N-dealkylation sites (tertiary alicyclic amines) is 1. The quantitative estimate of drug-likeness (QED) is 0.760. The smallest absolute Gasteiger partial charge is 0.223 e. The Morgan fingerprint density at radius 1 is 1.41 bits per heavy atom. The van der Waals surface area contributed by atoms with E-state index in [4.69, 9.17) is 4.74 Å². The topological polar surface area (TPSA) is 29.5 Å². The van der Waals surface area contributed by atoms with Gasteiger partial charge < -0.3 is 9.64 Å². The van der Waals surface area contributed by atoms with E-state index >= 15 is 0 Å². The molecule has 0 N–H and O–H groups in total. The molecule has 3 nitrogen and oxygen atoms in total. The Labute approximate surface area is 106 Å². The van der Waals surface area contributed by atoms with E-state index in [1.54, 1.807) is 7.11 Å². The molecule has 1 unspecified atom stereocenters. The van der Waals surface area contributed by atoms with Crippen molar-refractivity contribution in [2.24, 2.45) is 10.8 Å². The standard InChI is InChI=1S/C14H27NO2/c1-13(2,3)9-12(16)15-8-6-7-14(4,10-15)11-17-5/h6-11H2,1-5H3. The maximum Gasteiger partial charge on any atom is 0.223 e. The molecule has 1 heterocycles. The summed E-state index contributed by atoms with van der Waals surface area (Å²) in [6, 6.07) is 0. The van der Waals surface area contributed by atoms with Crippen molar-refractivity contribution in [3.05, 3.63) is 0 Å².